The predicted molar refractivity (Wildman–Crippen MR) is 92.9 cm³/mol. The maximum atomic E-state index is 14.4. The van der Waals surface area contributed by atoms with Gasteiger partial charge in [-0.15, -0.1) is 0 Å². The minimum absolute atomic E-state index is 0.0646. The number of amides is 1. The van der Waals surface area contributed by atoms with Crippen LogP contribution < -0.4 is 4.74 Å². The molecular weight excluding hydrogens is 323 g/mol. The Morgan fingerprint density at radius 2 is 2.16 bits per heavy atom. The number of fused-ring (bicyclic) bond motifs is 1. The summed E-state index contributed by atoms with van der Waals surface area (Å²) in [5, 5.41) is 0. The Morgan fingerprint density at radius 3 is 2.88 bits per heavy atom. The number of hydrogen-bond donors (Lipinski definition) is 0. The molecule has 1 amide bonds. The molecule has 0 bridgehead atoms. The zero-order valence-corrected chi connectivity index (χ0v) is 15.2. The van der Waals surface area contributed by atoms with Gasteiger partial charge in [-0.05, 0) is 26.3 Å². The third-order valence-electron chi connectivity index (χ3n) is 5.20. The lowest BCUT2D eigenvalue weighted by Crippen LogP contribution is -2.48. The second-order valence-electron chi connectivity index (χ2n) is 7.21. The van der Waals surface area contributed by atoms with Crippen molar-refractivity contribution in [3.63, 3.8) is 0 Å². The van der Waals surface area contributed by atoms with Crippen molar-refractivity contribution in [2.45, 2.75) is 39.0 Å². The molecule has 0 radical (unpaired) electrons. The zero-order valence-electron chi connectivity index (χ0n) is 15.2. The lowest BCUT2D eigenvalue weighted by atomic mass is 9.93. The SMILES string of the molecule is COc1cccc(CN2CC[C@@H]3OCC(=O)N(C(C)C)C[C@H]3C2)c1F. The van der Waals surface area contributed by atoms with Crippen LogP contribution in [-0.4, -0.2) is 61.2 Å². The van der Waals surface area contributed by atoms with Crippen LogP contribution in [0.3, 0.4) is 0 Å². The highest BCUT2D eigenvalue weighted by molar-refractivity contribution is 5.78. The Kier molecular flexibility index (Phi) is 5.59. The number of carbonyl (C=O) groups is 1. The van der Waals surface area contributed by atoms with Crippen molar-refractivity contribution >= 4 is 5.91 Å². The molecule has 0 unspecified atom stereocenters. The number of methoxy groups -OCH3 is 1. The van der Waals surface area contributed by atoms with E-state index < -0.39 is 0 Å². The summed E-state index contributed by atoms with van der Waals surface area (Å²) in [6.07, 6.45) is 0.981. The summed E-state index contributed by atoms with van der Waals surface area (Å²) < 4.78 is 25.3. The molecule has 2 saturated heterocycles. The van der Waals surface area contributed by atoms with Gasteiger partial charge < -0.3 is 14.4 Å². The minimum atomic E-state index is -0.289. The maximum absolute atomic E-state index is 14.4. The Bertz CT molecular complexity index is 623. The van der Waals surface area contributed by atoms with E-state index in [0.717, 1.165) is 19.5 Å². The molecule has 2 atom stereocenters. The van der Waals surface area contributed by atoms with Gasteiger partial charge in [-0.2, -0.15) is 0 Å². The molecule has 0 N–H and O–H groups in total. The highest BCUT2D eigenvalue weighted by Crippen LogP contribution is 2.27. The maximum Gasteiger partial charge on any atom is 0.248 e. The van der Waals surface area contributed by atoms with E-state index in [1.54, 1.807) is 12.1 Å². The number of rotatable bonds is 4. The van der Waals surface area contributed by atoms with Gasteiger partial charge in [-0.1, -0.05) is 12.1 Å². The molecule has 0 saturated carbocycles. The Labute approximate surface area is 148 Å². The molecule has 25 heavy (non-hydrogen) atoms. The molecule has 5 nitrogen and oxygen atoms in total. The summed E-state index contributed by atoms with van der Waals surface area (Å²) >= 11 is 0. The normalized spacial score (nSPS) is 25.0. The van der Waals surface area contributed by atoms with Crippen LogP contribution in [0.5, 0.6) is 5.75 Å². The van der Waals surface area contributed by atoms with Crippen molar-refractivity contribution in [3.8, 4) is 5.75 Å². The lowest BCUT2D eigenvalue weighted by Gasteiger charge is -2.38. The first-order chi connectivity index (χ1) is 12.0. The van der Waals surface area contributed by atoms with E-state index >= 15 is 0 Å². The fraction of sp³-hybridized carbons (Fsp3) is 0.632. The third kappa shape index (κ3) is 3.96. The van der Waals surface area contributed by atoms with Gasteiger partial charge in [0.2, 0.25) is 5.91 Å². The number of halogens is 1. The van der Waals surface area contributed by atoms with Crippen LogP contribution in [0, 0.1) is 11.7 Å². The van der Waals surface area contributed by atoms with Crippen LogP contribution in [0.15, 0.2) is 18.2 Å². The summed E-state index contributed by atoms with van der Waals surface area (Å²) in [6, 6.07) is 5.42. The van der Waals surface area contributed by atoms with Crippen LogP contribution in [0.2, 0.25) is 0 Å². The van der Waals surface area contributed by atoms with Crippen molar-refractivity contribution in [1.29, 1.82) is 0 Å². The van der Waals surface area contributed by atoms with E-state index in [1.165, 1.54) is 7.11 Å². The van der Waals surface area contributed by atoms with E-state index in [9.17, 15) is 9.18 Å². The smallest absolute Gasteiger partial charge is 0.248 e. The molecule has 2 fully saturated rings. The summed E-state index contributed by atoms with van der Waals surface area (Å²) in [5.74, 6) is 0.316. The Morgan fingerprint density at radius 1 is 1.36 bits per heavy atom. The van der Waals surface area contributed by atoms with Crippen molar-refractivity contribution in [1.82, 2.24) is 9.80 Å². The molecule has 6 heteroatoms. The van der Waals surface area contributed by atoms with Gasteiger partial charge in [0, 0.05) is 43.7 Å². The van der Waals surface area contributed by atoms with Crippen LogP contribution in [0.4, 0.5) is 4.39 Å². The van der Waals surface area contributed by atoms with Crippen LogP contribution in [0.1, 0.15) is 25.8 Å². The largest absolute Gasteiger partial charge is 0.494 e. The number of benzene rings is 1. The van der Waals surface area contributed by atoms with Gasteiger partial charge in [0.05, 0.1) is 13.2 Å². The number of likely N-dealkylation sites (tertiary alicyclic amines) is 1. The Hall–Kier alpha value is -1.66. The van der Waals surface area contributed by atoms with Crippen LogP contribution >= 0.6 is 0 Å². The fourth-order valence-electron chi connectivity index (χ4n) is 3.82. The molecule has 0 aromatic heterocycles. The number of carbonyl (C=O) groups excluding carboxylic acids is 1. The van der Waals surface area contributed by atoms with E-state index in [4.69, 9.17) is 9.47 Å². The molecule has 2 aliphatic heterocycles. The standard InChI is InChI=1S/C19H27FN2O3/c1-13(2)22-11-15-10-21(8-7-16(15)25-12-18(22)23)9-14-5-4-6-17(24-3)19(14)20/h4-6,13,15-16H,7-12H2,1-3H3/t15-,16+/m1/s1. The Balaban J connectivity index is 1.70. The molecule has 3 rings (SSSR count). The fourth-order valence-corrected chi connectivity index (χ4v) is 3.82. The van der Waals surface area contributed by atoms with Gasteiger partial charge in [0.1, 0.15) is 6.61 Å². The van der Waals surface area contributed by atoms with Crippen LogP contribution in [-0.2, 0) is 16.1 Å². The van der Waals surface area contributed by atoms with Gasteiger partial charge in [0.25, 0.3) is 0 Å². The molecule has 2 aliphatic rings. The molecule has 138 valence electrons. The number of hydrogen-bond acceptors (Lipinski definition) is 4. The number of nitrogens with zero attached hydrogens (tertiary/aromatic N) is 2. The summed E-state index contributed by atoms with van der Waals surface area (Å²) in [4.78, 5) is 16.4. The summed E-state index contributed by atoms with van der Waals surface area (Å²) in [6.45, 7) is 7.13. The van der Waals surface area contributed by atoms with Crippen molar-refractivity contribution in [3.05, 3.63) is 29.6 Å². The molecule has 2 heterocycles. The first-order valence-corrected chi connectivity index (χ1v) is 8.94. The number of piperidine rings is 1. The third-order valence-corrected chi connectivity index (χ3v) is 5.20. The van der Waals surface area contributed by atoms with Gasteiger partial charge >= 0.3 is 0 Å². The van der Waals surface area contributed by atoms with Gasteiger partial charge in [0.15, 0.2) is 11.6 Å². The molecule has 0 aliphatic carbocycles. The van der Waals surface area contributed by atoms with Crippen molar-refractivity contribution in [2.75, 3.05) is 33.4 Å². The average Bonchev–Trinajstić information content (AvgIpc) is 2.76. The van der Waals surface area contributed by atoms with E-state index in [0.29, 0.717) is 18.7 Å². The van der Waals surface area contributed by atoms with Gasteiger partial charge in [-0.25, -0.2) is 4.39 Å². The first-order valence-electron chi connectivity index (χ1n) is 8.94. The molecule has 1 aromatic carbocycles. The monoisotopic (exact) mass is 350 g/mol. The zero-order chi connectivity index (χ0) is 18.0. The molecular formula is C19H27FN2O3. The number of ether oxygens (including phenoxy) is 2. The minimum Gasteiger partial charge on any atom is -0.494 e. The highest BCUT2D eigenvalue weighted by atomic mass is 19.1. The van der Waals surface area contributed by atoms with E-state index in [1.807, 2.05) is 24.8 Å². The molecule has 1 aromatic rings. The quantitative estimate of drug-likeness (QED) is 0.836. The lowest BCUT2D eigenvalue weighted by molar-refractivity contribution is -0.136. The predicted octanol–water partition coefficient (Wildman–Crippen LogP) is 2.29. The van der Waals surface area contributed by atoms with Crippen molar-refractivity contribution in [2.24, 2.45) is 5.92 Å². The average molecular weight is 350 g/mol. The van der Waals surface area contributed by atoms with E-state index in [2.05, 4.69) is 4.90 Å². The highest BCUT2D eigenvalue weighted by Gasteiger charge is 2.36. The second kappa shape index (κ2) is 7.70. The summed E-state index contributed by atoms with van der Waals surface area (Å²) in [7, 11) is 1.48. The van der Waals surface area contributed by atoms with Crippen molar-refractivity contribution < 1.29 is 18.7 Å². The van der Waals surface area contributed by atoms with E-state index in [-0.39, 0.29) is 42.1 Å². The second-order valence-corrected chi connectivity index (χ2v) is 7.21. The molecule has 0 spiro atoms. The summed E-state index contributed by atoms with van der Waals surface area (Å²) in [5.41, 5.74) is 0.643. The van der Waals surface area contributed by atoms with Gasteiger partial charge in [-0.3, -0.25) is 9.69 Å². The van der Waals surface area contributed by atoms with Crippen LogP contribution in [0.25, 0.3) is 0 Å². The first kappa shape index (κ1) is 18.1. The topological polar surface area (TPSA) is 42.0 Å².